The van der Waals surface area contributed by atoms with Crippen molar-refractivity contribution in [1.29, 1.82) is 0 Å². The molecule has 1 atom stereocenters. The third kappa shape index (κ3) is 6.12. The second-order valence-corrected chi connectivity index (χ2v) is 4.91. The Morgan fingerprint density at radius 1 is 1.38 bits per heavy atom. The number of hydrogen-bond donors (Lipinski definition) is 2. The summed E-state index contributed by atoms with van der Waals surface area (Å²) in [5.74, 6) is 0.0949. The normalized spacial score (nSPS) is 12.0. The maximum Gasteiger partial charge on any atom is 0.223 e. The van der Waals surface area contributed by atoms with Crippen LogP contribution in [0.1, 0.15) is 45.2 Å². The van der Waals surface area contributed by atoms with E-state index >= 15 is 0 Å². The van der Waals surface area contributed by atoms with Gasteiger partial charge in [0, 0.05) is 24.2 Å². The van der Waals surface area contributed by atoms with E-state index in [0.717, 1.165) is 18.5 Å². The molecule has 0 heterocycles. The van der Waals surface area contributed by atoms with Gasteiger partial charge in [0.25, 0.3) is 0 Å². The first kappa shape index (κ1) is 17.4. The highest BCUT2D eigenvalue weighted by Gasteiger charge is 2.12. The Hall–Kier alpha value is -1.62. The predicted molar refractivity (Wildman–Crippen MR) is 81.9 cm³/mol. The van der Waals surface area contributed by atoms with Gasteiger partial charge in [-0.15, -0.1) is 0 Å². The standard InChI is InChI=1S/C16H25FN2O2/c1-4-9-19-12(3)14-7-6-13(17)11-15(14)21-10-8-16(20)18-5-2/h6-7,11-12,19H,4-5,8-10H2,1-3H3,(H,18,20). The molecule has 0 saturated carbocycles. The molecule has 0 radical (unpaired) electrons. The number of amides is 1. The van der Waals surface area contributed by atoms with Crippen LogP contribution in [-0.4, -0.2) is 25.6 Å². The fraction of sp³-hybridized carbons (Fsp3) is 0.562. The number of carbonyl (C=O) groups is 1. The zero-order valence-corrected chi connectivity index (χ0v) is 13.0. The smallest absolute Gasteiger partial charge is 0.223 e. The zero-order chi connectivity index (χ0) is 15.7. The zero-order valence-electron chi connectivity index (χ0n) is 13.0. The molecule has 21 heavy (non-hydrogen) atoms. The molecule has 0 saturated heterocycles. The molecule has 0 aromatic heterocycles. The van der Waals surface area contributed by atoms with Crippen molar-refractivity contribution in [2.75, 3.05) is 19.7 Å². The van der Waals surface area contributed by atoms with E-state index in [4.69, 9.17) is 4.74 Å². The van der Waals surface area contributed by atoms with Crippen LogP contribution in [0.3, 0.4) is 0 Å². The summed E-state index contributed by atoms with van der Waals surface area (Å²) < 4.78 is 19.0. The fourth-order valence-corrected chi connectivity index (χ4v) is 2.00. The number of hydrogen-bond acceptors (Lipinski definition) is 3. The molecule has 0 aliphatic rings. The topological polar surface area (TPSA) is 50.4 Å². The monoisotopic (exact) mass is 296 g/mol. The summed E-state index contributed by atoms with van der Waals surface area (Å²) >= 11 is 0. The summed E-state index contributed by atoms with van der Waals surface area (Å²) in [5.41, 5.74) is 0.903. The molecule has 1 aromatic carbocycles. The number of ether oxygens (including phenoxy) is 1. The van der Waals surface area contributed by atoms with Gasteiger partial charge in [0.05, 0.1) is 13.0 Å². The van der Waals surface area contributed by atoms with Gasteiger partial charge in [-0.1, -0.05) is 13.0 Å². The van der Waals surface area contributed by atoms with Crippen molar-refractivity contribution in [1.82, 2.24) is 10.6 Å². The molecule has 1 aromatic rings. The lowest BCUT2D eigenvalue weighted by atomic mass is 10.1. The van der Waals surface area contributed by atoms with E-state index in [1.165, 1.54) is 12.1 Å². The first-order chi connectivity index (χ1) is 10.1. The average Bonchev–Trinajstić information content (AvgIpc) is 2.45. The molecule has 1 rings (SSSR count). The molecule has 0 spiro atoms. The van der Waals surface area contributed by atoms with Crippen LogP contribution >= 0.6 is 0 Å². The molecule has 0 aliphatic carbocycles. The minimum absolute atomic E-state index is 0.0624. The molecule has 5 heteroatoms. The highest BCUT2D eigenvalue weighted by atomic mass is 19.1. The maximum absolute atomic E-state index is 13.4. The highest BCUT2D eigenvalue weighted by molar-refractivity contribution is 5.75. The van der Waals surface area contributed by atoms with E-state index in [2.05, 4.69) is 17.6 Å². The summed E-state index contributed by atoms with van der Waals surface area (Å²) in [7, 11) is 0. The van der Waals surface area contributed by atoms with Crippen molar-refractivity contribution < 1.29 is 13.9 Å². The van der Waals surface area contributed by atoms with Gasteiger partial charge in [0.1, 0.15) is 11.6 Å². The molecule has 1 amide bonds. The third-order valence-electron chi connectivity index (χ3n) is 3.10. The Kier molecular flexibility index (Phi) is 7.75. The van der Waals surface area contributed by atoms with E-state index in [9.17, 15) is 9.18 Å². The van der Waals surface area contributed by atoms with E-state index in [1.807, 2.05) is 13.8 Å². The van der Waals surface area contributed by atoms with Gasteiger partial charge in [0.15, 0.2) is 0 Å². The van der Waals surface area contributed by atoms with Gasteiger partial charge >= 0.3 is 0 Å². The predicted octanol–water partition coefficient (Wildman–Crippen LogP) is 2.79. The minimum atomic E-state index is -0.338. The first-order valence-corrected chi connectivity index (χ1v) is 7.50. The van der Waals surface area contributed by atoms with E-state index in [1.54, 1.807) is 6.07 Å². The van der Waals surface area contributed by atoms with Crippen LogP contribution in [0, 0.1) is 5.82 Å². The Labute approximate surface area is 126 Å². The van der Waals surface area contributed by atoms with Crippen molar-refractivity contribution in [2.45, 2.75) is 39.7 Å². The molecule has 0 fully saturated rings. The van der Waals surface area contributed by atoms with Gasteiger partial charge < -0.3 is 15.4 Å². The molecular formula is C16H25FN2O2. The van der Waals surface area contributed by atoms with Crippen LogP contribution in [0.2, 0.25) is 0 Å². The van der Waals surface area contributed by atoms with Crippen molar-refractivity contribution in [3.8, 4) is 5.75 Å². The Balaban J connectivity index is 2.66. The minimum Gasteiger partial charge on any atom is -0.493 e. The summed E-state index contributed by atoms with van der Waals surface area (Å²) in [6, 6.07) is 4.60. The summed E-state index contributed by atoms with van der Waals surface area (Å²) in [4.78, 5) is 11.4. The molecule has 2 N–H and O–H groups in total. The fourth-order valence-electron chi connectivity index (χ4n) is 2.00. The molecule has 118 valence electrons. The van der Waals surface area contributed by atoms with E-state index in [-0.39, 0.29) is 30.8 Å². The van der Waals surface area contributed by atoms with Gasteiger partial charge in [0.2, 0.25) is 5.91 Å². The Morgan fingerprint density at radius 3 is 2.81 bits per heavy atom. The van der Waals surface area contributed by atoms with Crippen LogP contribution in [0.4, 0.5) is 4.39 Å². The quantitative estimate of drug-likeness (QED) is 0.737. The molecule has 0 aliphatic heterocycles. The van der Waals surface area contributed by atoms with Crippen LogP contribution < -0.4 is 15.4 Å². The number of rotatable bonds is 9. The van der Waals surface area contributed by atoms with Crippen molar-refractivity contribution in [3.63, 3.8) is 0 Å². The van der Waals surface area contributed by atoms with Gasteiger partial charge in [-0.2, -0.15) is 0 Å². The van der Waals surface area contributed by atoms with Crippen molar-refractivity contribution in [2.24, 2.45) is 0 Å². The lowest BCUT2D eigenvalue weighted by Gasteiger charge is -2.18. The number of benzene rings is 1. The van der Waals surface area contributed by atoms with Crippen LogP contribution in [0.15, 0.2) is 18.2 Å². The second-order valence-electron chi connectivity index (χ2n) is 4.91. The van der Waals surface area contributed by atoms with E-state index < -0.39 is 0 Å². The summed E-state index contributed by atoms with van der Waals surface area (Å²) in [6.45, 7) is 7.69. The highest BCUT2D eigenvalue weighted by Crippen LogP contribution is 2.26. The summed E-state index contributed by atoms with van der Waals surface area (Å²) in [5, 5.41) is 6.05. The van der Waals surface area contributed by atoms with Crippen molar-refractivity contribution >= 4 is 5.91 Å². The lowest BCUT2D eigenvalue weighted by molar-refractivity contribution is -0.121. The molecule has 1 unspecified atom stereocenters. The lowest BCUT2D eigenvalue weighted by Crippen LogP contribution is -2.24. The van der Waals surface area contributed by atoms with E-state index in [0.29, 0.717) is 12.3 Å². The van der Waals surface area contributed by atoms with Gasteiger partial charge in [-0.3, -0.25) is 4.79 Å². The third-order valence-corrected chi connectivity index (χ3v) is 3.10. The maximum atomic E-state index is 13.4. The largest absolute Gasteiger partial charge is 0.493 e. The molecular weight excluding hydrogens is 271 g/mol. The number of nitrogens with one attached hydrogen (secondary N) is 2. The SMILES string of the molecule is CCCNC(C)c1ccc(F)cc1OCCC(=O)NCC. The van der Waals surface area contributed by atoms with Gasteiger partial charge in [-0.25, -0.2) is 4.39 Å². The summed E-state index contributed by atoms with van der Waals surface area (Å²) in [6.07, 6.45) is 1.29. The van der Waals surface area contributed by atoms with Crippen LogP contribution in [0.5, 0.6) is 5.75 Å². The molecule has 4 nitrogen and oxygen atoms in total. The first-order valence-electron chi connectivity index (χ1n) is 7.50. The van der Waals surface area contributed by atoms with Crippen molar-refractivity contribution in [3.05, 3.63) is 29.6 Å². The number of halogens is 1. The second kappa shape index (κ2) is 9.34. The molecule has 0 bridgehead atoms. The average molecular weight is 296 g/mol. The number of carbonyl (C=O) groups excluding carboxylic acids is 1. The Morgan fingerprint density at radius 2 is 2.14 bits per heavy atom. The van der Waals surface area contributed by atoms with Gasteiger partial charge in [-0.05, 0) is 32.9 Å². The van der Waals surface area contributed by atoms with Crippen LogP contribution in [-0.2, 0) is 4.79 Å². The Bertz CT molecular complexity index is 452. The van der Waals surface area contributed by atoms with Crippen LogP contribution in [0.25, 0.3) is 0 Å².